The first-order valence-electron chi connectivity index (χ1n) is 7.50. The zero-order valence-corrected chi connectivity index (χ0v) is 15.0. The van der Waals surface area contributed by atoms with Crippen molar-refractivity contribution in [2.45, 2.75) is 45.4 Å². The standard InChI is InChI=1S/C16H21BrF2N2O2/c1-16(2,3)23-15(22)20-10-6-7-21(8-10)9-11-13(18)5-4-12(17)14(11)19/h4-5,10H,6-9H2,1-3H3,(H,20,22)/t10-/m1/s1. The molecule has 7 heteroatoms. The van der Waals surface area contributed by atoms with E-state index in [-0.39, 0.29) is 22.6 Å². The van der Waals surface area contributed by atoms with Crippen molar-refractivity contribution in [3.05, 3.63) is 33.8 Å². The molecule has 1 aliphatic rings. The summed E-state index contributed by atoms with van der Waals surface area (Å²) in [5.41, 5.74) is -0.511. The van der Waals surface area contributed by atoms with Crippen molar-refractivity contribution in [1.82, 2.24) is 10.2 Å². The van der Waals surface area contributed by atoms with E-state index in [1.165, 1.54) is 12.1 Å². The van der Waals surface area contributed by atoms with Gasteiger partial charge in [0, 0.05) is 31.2 Å². The van der Waals surface area contributed by atoms with Crippen LogP contribution in [0.4, 0.5) is 13.6 Å². The highest BCUT2D eigenvalue weighted by Crippen LogP contribution is 2.24. The maximum absolute atomic E-state index is 14.0. The number of carbonyl (C=O) groups is 1. The molecule has 23 heavy (non-hydrogen) atoms. The average Bonchev–Trinajstić information content (AvgIpc) is 2.84. The monoisotopic (exact) mass is 390 g/mol. The number of hydrogen-bond acceptors (Lipinski definition) is 3. The Kier molecular flexibility index (Phi) is 5.62. The van der Waals surface area contributed by atoms with Crippen molar-refractivity contribution < 1.29 is 18.3 Å². The number of amides is 1. The quantitative estimate of drug-likeness (QED) is 0.797. The van der Waals surface area contributed by atoms with Gasteiger partial charge in [-0.05, 0) is 55.3 Å². The van der Waals surface area contributed by atoms with Crippen molar-refractivity contribution in [3.8, 4) is 0 Å². The fraction of sp³-hybridized carbons (Fsp3) is 0.562. The van der Waals surface area contributed by atoms with Crippen LogP contribution in [-0.4, -0.2) is 35.7 Å². The fourth-order valence-electron chi connectivity index (χ4n) is 2.51. The summed E-state index contributed by atoms with van der Waals surface area (Å²) in [7, 11) is 0. The normalized spacial score (nSPS) is 19.0. The Balaban J connectivity index is 1.91. The average molecular weight is 391 g/mol. The third-order valence-electron chi connectivity index (χ3n) is 3.51. The molecule has 0 radical (unpaired) electrons. The lowest BCUT2D eigenvalue weighted by Gasteiger charge is -2.22. The van der Waals surface area contributed by atoms with E-state index < -0.39 is 23.3 Å². The summed E-state index contributed by atoms with van der Waals surface area (Å²) < 4.78 is 33.3. The molecule has 0 saturated carbocycles. The molecular weight excluding hydrogens is 370 g/mol. The van der Waals surface area contributed by atoms with Crippen LogP contribution < -0.4 is 5.32 Å². The number of hydrogen-bond donors (Lipinski definition) is 1. The molecule has 1 aromatic carbocycles. The van der Waals surface area contributed by atoms with Crippen LogP contribution in [0, 0.1) is 11.6 Å². The van der Waals surface area contributed by atoms with Crippen molar-refractivity contribution in [2.24, 2.45) is 0 Å². The summed E-state index contributed by atoms with van der Waals surface area (Å²) >= 11 is 3.07. The molecule has 0 aromatic heterocycles. The Labute approximate surface area is 143 Å². The number of nitrogens with zero attached hydrogens (tertiary/aromatic N) is 1. The van der Waals surface area contributed by atoms with Gasteiger partial charge in [-0.15, -0.1) is 0 Å². The minimum absolute atomic E-state index is 0.0392. The van der Waals surface area contributed by atoms with E-state index >= 15 is 0 Å². The largest absolute Gasteiger partial charge is 0.444 e. The summed E-state index contributed by atoms with van der Waals surface area (Å²) in [4.78, 5) is 13.7. The lowest BCUT2D eigenvalue weighted by molar-refractivity contribution is 0.0505. The first kappa shape index (κ1) is 18.1. The molecular formula is C16H21BrF2N2O2. The van der Waals surface area contributed by atoms with Gasteiger partial charge in [0.2, 0.25) is 0 Å². The highest BCUT2D eigenvalue weighted by Gasteiger charge is 2.27. The van der Waals surface area contributed by atoms with E-state index in [2.05, 4.69) is 21.2 Å². The second kappa shape index (κ2) is 7.13. The molecule has 0 spiro atoms. The zero-order chi connectivity index (χ0) is 17.2. The first-order chi connectivity index (χ1) is 10.7. The van der Waals surface area contributed by atoms with Crippen LogP contribution in [0.1, 0.15) is 32.8 Å². The molecule has 1 aromatic rings. The van der Waals surface area contributed by atoms with Gasteiger partial charge in [-0.3, -0.25) is 4.90 Å². The molecule has 1 heterocycles. The highest BCUT2D eigenvalue weighted by molar-refractivity contribution is 9.10. The summed E-state index contributed by atoms with van der Waals surface area (Å²) in [6.07, 6.45) is 0.250. The minimum atomic E-state index is -0.575. The van der Waals surface area contributed by atoms with Gasteiger partial charge in [0.15, 0.2) is 0 Å². The van der Waals surface area contributed by atoms with Crippen LogP contribution in [0.2, 0.25) is 0 Å². The maximum Gasteiger partial charge on any atom is 0.407 e. The van der Waals surface area contributed by atoms with Crippen molar-refractivity contribution in [1.29, 1.82) is 0 Å². The molecule has 1 fully saturated rings. The van der Waals surface area contributed by atoms with E-state index in [9.17, 15) is 13.6 Å². The van der Waals surface area contributed by atoms with Crippen molar-refractivity contribution >= 4 is 22.0 Å². The van der Waals surface area contributed by atoms with Crippen LogP contribution >= 0.6 is 15.9 Å². The van der Waals surface area contributed by atoms with E-state index in [0.29, 0.717) is 13.1 Å². The third-order valence-corrected chi connectivity index (χ3v) is 4.13. The lowest BCUT2D eigenvalue weighted by atomic mass is 10.2. The molecule has 1 aliphatic heterocycles. The van der Waals surface area contributed by atoms with E-state index in [4.69, 9.17) is 4.74 Å². The number of ether oxygens (including phenoxy) is 1. The molecule has 0 aliphatic carbocycles. The number of benzene rings is 1. The van der Waals surface area contributed by atoms with Crippen LogP contribution in [0.15, 0.2) is 16.6 Å². The molecule has 128 valence electrons. The predicted octanol–water partition coefficient (Wildman–Crippen LogP) is 3.83. The number of alkyl carbamates (subject to hydrolysis) is 1. The lowest BCUT2D eigenvalue weighted by Crippen LogP contribution is -2.40. The van der Waals surface area contributed by atoms with Crippen LogP contribution in [0.3, 0.4) is 0 Å². The van der Waals surface area contributed by atoms with Crippen molar-refractivity contribution in [3.63, 3.8) is 0 Å². The summed E-state index contributed by atoms with van der Waals surface area (Å²) in [6.45, 7) is 6.76. The smallest absolute Gasteiger partial charge is 0.407 e. The molecule has 4 nitrogen and oxygen atoms in total. The van der Waals surface area contributed by atoms with Crippen LogP contribution in [0.25, 0.3) is 0 Å². The van der Waals surface area contributed by atoms with Gasteiger partial charge in [0.25, 0.3) is 0 Å². The highest BCUT2D eigenvalue weighted by atomic mass is 79.9. The SMILES string of the molecule is CC(C)(C)OC(=O)N[C@@H]1CCN(Cc2c(F)ccc(Br)c2F)C1. The van der Waals surface area contributed by atoms with Gasteiger partial charge in [-0.1, -0.05) is 0 Å². The molecule has 0 bridgehead atoms. The molecule has 1 atom stereocenters. The summed E-state index contributed by atoms with van der Waals surface area (Å²) in [5, 5.41) is 2.79. The van der Waals surface area contributed by atoms with E-state index in [1.807, 2.05) is 4.90 Å². The first-order valence-corrected chi connectivity index (χ1v) is 8.29. The molecule has 1 amide bonds. The van der Waals surface area contributed by atoms with Gasteiger partial charge in [0.1, 0.15) is 17.2 Å². The van der Waals surface area contributed by atoms with Crippen molar-refractivity contribution in [2.75, 3.05) is 13.1 Å². The number of halogens is 3. The predicted molar refractivity (Wildman–Crippen MR) is 87.1 cm³/mol. The van der Waals surface area contributed by atoms with E-state index in [0.717, 1.165) is 6.42 Å². The molecule has 2 rings (SSSR count). The minimum Gasteiger partial charge on any atom is -0.444 e. The Morgan fingerprint density at radius 3 is 2.78 bits per heavy atom. The second-order valence-corrected chi connectivity index (χ2v) is 7.54. The Morgan fingerprint density at radius 1 is 1.43 bits per heavy atom. The van der Waals surface area contributed by atoms with Gasteiger partial charge < -0.3 is 10.1 Å². The van der Waals surface area contributed by atoms with Crippen LogP contribution in [0.5, 0.6) is 0 Å². The molecule has 1 N–H and O–H groups in total. The van der Waals surface area contributed by atoms with Gasteiger partial charge in [-0.2, -0.15) is 0 Å². The Morgan fingerprint density at radius 2 is 2.13 bits per heavy atom. The fourth-order valence-corrected chi connectivity index (χ4v) is 2.88. The molecule has 1 saturated heterocycles. The third kappa shape index (κ3) is 5.14. The zero-order valence-electron chi connectivity index (χ0n) is 13.5. The number of rotatable bonds is 3. The van der Waals surface area contributed by atoms with Gasteiger partial charge >= 0.3 is 6.09 Å². The number of nitrogens with one attached hydrogen (secondary N) is 1. The van der Waals surface area contributed by atoms with Gasteiger partial charge in [-0.25, -0.2) is 13.6 Å². The Hall–Kier alpha value is -1.21. The topological polar surface area (TPSA) is 41.6 Å². The second-order valence-electron chi connectivity index (χ2n) is 6.69. The number of carbonyl (C=O) groups excluding carboxylic acids is 1. The molecule has 0 unspecified atom stereocenters. The van der Waals surface area contributed by atoms with Gasteiger partial charge in [0.05, 0.1) is 4.47 Å². The van der Waals surface area contributed by atoms with E-state index in [1.54, 1.807) is 20.8 Å². The van der Waals surface area contributed by atoms with Crippen LogP contribution in [-0.2, 0) is 11.3 Å². The Bertz CT molecular complexity index is 590. The summed E-state index contributed by atoms with van der Waals surface area (Å²) in [5.74, 6) is -1.14. The number of likely N-dealkylation sites (tertiary alicyclic amines) is 1. The summed E-state index contributed by atoms with van der Waals surface area (Å²) in [6, 6.07) is 2.52. The maximum atomic E-state index is 14.0.